The van der Waals surface area contributed by atoms with E-state index < -0.39 is 5.97 Å². The molecule has 0 saturated heterocycles. The van der Waals surface area contributed by atoms with Crippen LogP contribution in [0.2, 0.25) is 0 Å². The van der Waals surface area contributed by atoms with Crippen LogP contribution in [0.15, 0.2) is 22.9 Å². The van der Waals surface area contributed by atoms with Gasteiger partial charge in [0.25, 0.3) is 5.89 Å². The Morgan fingerprint density at radius 1 is 1.28 bits per heavy atom. The average Bonchev–Trinajstić information content (AvgIpc) is 3.13. The van der Waals surface area contributed by atoms with Gasteiger partial charge >= 0.3 is 5.97 Å². The maximum absolute atomic E-state index is 11.0. The second kappa shape index (κ2) is 8.23. The van der Waals surface area contributed by atoms with Gasteiger partial charge in [-0.2, -0.15) is 4.98 Å². The zero-order valence-electron chi connectivity index (χ0n) is 14.6. The van der Waals surface area contributed by atoms with E-state index in [1.165, 1.54) is 50.8 Å². The Kier molecular flexibility index (Phi) is 5.79. The van der Waals surface area contributed by atoms with Crippen LogP contribution in [0.25, 0.3) is 11.5 Å². The van der Waals surface area contributed by atoms with E-state index in [1.54, 1.807) is 6.07 Å². The number of rotatable bonds is 7. The fraction of sp³-hybridized carbons (Fsp3) is 0.579. The number of aromatic nitrogens is 3. The largest absolute Gasteiger partial charge is 0.477 e. The summed E-state index contributed by atoms with van der Waals surface area (Å²) in [5, 5.41) is 13.2. The number of unbranched alkanes of at least 4 members (excludes halogenated alkanes) is 2. The number of pyridine rings is 1. The third-order valence-electron chi connectivity index (χ3n) is 5.10. The Morgan fingerprint density at radius 2 is 2.08 bits per heavy atom. The van der Waals surface area contributed by atoms with Gasteiger partial charge in [0.05, 0.1) is 0 Å². The number of carboxylic acids is 1. The van der Waals surface area contributed by atoms with Gasteiger partial charge in [-0.3, -0.25) is 0 Å². The number of hydrogen-bond acceptors (Lipinski definition) is 5. The van der Waals surface area contributed by atoms with Crippen LogP contribution >= 0.6 is 0 Å². The lowest BCUT2D eigenvalue weighted by atomic mass is 9.79. The monoisotopic (exact) mass is 343 g/mol. The quantitative estimate of drug-likeness (QED) is 0.734. The van der Waals surface area contributed by atoms with Crippen LogP contribution in [-0.4, -0.2) is 26.2 Å². The highest BCUT2D eigenvalue weighted by atomic mass is 16.5. The molecule has 0 atom stereocenters. The third kappa shape index (κ3) is 4.44. The van der Waals surface area contributed by atoms with Crippen molar-refractivity contribution in [3.63, 3.8) is 0 Å². The first-order chi connectivity index (χ1) is 12.2. The summed E-state index contributed by atoms with van der Waals surface area (Å²) in [6.07, 6.45) is 11.4. The van der Waals surface area contributed by atoms with E-state index in [9.17, 15) is 4.79 Å². The number of hydrogen-bond donors (Lipinski definition) is 1. The third-order valence-corrected chi connectivity index (χ3v) is 5.10. The standard InChI is InChI=1S/C19H25N3O3/c1-2-3-4-5-13-6-8-14(9-7-13)17-21-18(25-22-17)15-10-11-20-16(12-15)19(23)24/h10-14H,2-9H2,1H3,(H,23,24). The van der Waals surface area contributed by atoms with Crippen LogP contribution in [0, 0.1) is 5.92 Å². The fourth-order valence-electron chi connectivity index (χ4n) is 3.59. The van der Waals surface area contributed by atoms with Crippen molar-refractivity contribution in [3.05, 3.63) is 29.8 Å². The maximum atomic E-state index is 11.0. The van der Waals surface area contributed by atoms with E-state index in [4.69, 9.17) is 9.63 Å². The predicted molar refractivity (Wildman–Crippen MR) is 93.3 cm³/mol. The molecule has 1 aliphatic rings. The smallest absolute Gasteiger partial charge is 0.354 e. The molecular weight excluding hydrogens is 318 g/mol. The van der Waals surface area contributed by atoms with Gasteiger partial charge in [-0.05, 0) is 43.7 Å². The first-order valence-corrected chi connectivity index (χ1v) is 9.20. The van der Waals surface area contributed by atoms with E-state index in [-0.39, 0.29) is 5.69 Å². The first-order valence-electron chi connectivity index (χ1n) is 9.20. The molecule has 1 fully saturated rings. The minimum atomic E-state index is -1.07. The van der Waals surface area contributed by atoms with Crippen molar-refractivity contribution in [1.29, 1.82) is 0 Å². The molecule has 0 aromatic carbocycles. The molecule has 3 rings (SSSR count). The van der Waals surface area contributed by atoms with Crippen LogP contribution < -0.4 is 0 Å². The topological polar surface area (TPSA) is 89.1 Å². The van der Waals surface area contributed by atoms with E-state index in [1.807, 2.05) is 0 Å². The van der Waals surface area contributed by atoms with Crippen molar-refractivity contribution in [1.82, 2.24) is 15.1 Å². The molecule has 25 heavy (non-hydrogen) atoms. The SMILES string of the molecule is CCCCCC1CCC(c2noc(-c3ccnc(C(=O)O)c3)n2)CC1. The molecule has 0 bridgehead atoms. The molecule has 2 heterocycles. The molecule has 134 valence electrons. The molecule has 0 amide bonds. The van der Waals surface area contributed by atoms with Gasteiger partial charge in [-0.15, -0.1) is 0 Å². The normalized spacial score (nSPS) is 20.5. The summed E-state index contributed by atoms with van der Waals surface area (Å²) in [5.41, 5.74) is 0.573. The van der Waals surface area contributed by atoms with Crippen LogP contribution in [0.3, 0.4) is 0 Å². The van der Waals surface area contributed by atoms with E-state index >= 15 is 0 Å². The molecule has 2 aromatic heterocycles. The lowest BCUT2D eigenvalue weighted by Crippen LogP contribution is -2.14. The fourth-order valence-corrected chi connectivity index (χ4v) is 3.59. The Bertz CT molecular complexity index is 705. The molecule has 1 N–H and O–H groups in total. The highest BCUT2D eigenvalue weighted by molar-refractivity contribution is 5.86. The van der Waals surface area contributed by atoms with Crippen LogP contribution in [0.1, 0.15) is 80.5 Å². The van der Waals surface area contributed by atoms with Crippen molar-refractivity contribution in [3.8, 4) is 11.5 Å². The van der Waals surface area contributed by atoms with Gasteiger partial charge in [0.15, 0.2) is 5.82 Å². The molecule has 1 aliphatic carbocycles. The van der Waals surface area contributed by atoms with Gasteiger partial charge in [0.1, 0.15) is 5.69 Å². The number of aromatic carboxylic acids is 1. The molecular formula is C19H25N3O3. The molecule has 6 heteroatoms. The molecule has 0 spiro atoms. The van der Waals surface area contributed by atoms with Crippen molar-refractivity contribution in [2.24, 2.45) is 5.92 Å². The van der Waals surface area contributed by atoms with Gasteiger partial charge in [0, 0.05) is 17.7 Å². The number of carbonyl (C=O) groups is 1. The Balaban J connectivity index is 1.61. The molecule has 2 aromatic rings. The molecule has 0 unspecified atom stereocenters. The summed E-state index contributed by atoms with van der Waals surface area (Å²) in [7, 11) is 0. The second-order valence-corrected chi connectivity index (χ2v) is 6.91. The van der Waals surface area contributed by atoms with Crippen LogP contribution in [0.5, 0.6) is 0 Å². The van der Waals surface area contributed by atoms with Gasteiger partial charge in [0.2, 0.25) is 0 Å². The lowest BCUT2D eigenvalue weighted by Gasteiger charge is -2.26. The second-order valence-electron chi connectivity index (χ2n) is 6.91. The Hall–Kier alpha value is -2.24. The summed E-state index contributed by atoms with van der Waals surface area (Å²) < 4.78 is 5.36. The molecule has 0 radical (unpaired) electrons. The Labute approximate surface area is 147 Å². The summed E-state index contributed by atoms with van der Waals surface area (Å²) in [6.45, 7) is 2.24. The van der Waals surface area contributed by atoms with Crippen molar-refractivity contribution < 1.29 is 14.4 Å². The highest BCUT2D eigenvalue weighted by Gasteiger charge is 2.26. The summed E-state index contributed by atoms with van der Waals surface area (Å²) in [4.78, 5) is 19.4. The van der Waals surface area contributed by atoms with Crippen molar-refractivity contribution in [2.75, 3.05) is 0 Å². The van der Waals surface area contributed by atoms with Gasteiger partial charge in [-0.25, -0.2) is 9.78 Å². The first kappa shape index (κ1) is 17.6. The minimum Gasteiger partial charge on any atom is -0.477 e. The number of nitrogens with zero attached hydrogens (tertiary/aromatic N) is 3. The zero-order valence-corrected chi connectivity index (χ0v) is 14.6. The highest BCUT2D eigenvalue weighted by Crippen LogP contribution is 2.37. The number of carboxylic acid groups (broad SMARTS) is 1. The van der Waals surface area contributed by atoms with Crippen molar-refractivity contribution >= 4 is 5.97 Å². The van der Waals surface area contributed by atoms with Crippen LogP contribution in [0.4, 0.5) is 0 Å². The minimum absolute atomic E-state index is 0.0233. The summed E-state index contributed by atoms with van der Waals surface area (Å²) >= 11 is 0. The Morgan fingerprint density at radius 3 is 2.80 bits per heavy atom. The zero-order chi connectivity index (χ0) is 17.6. The van der Waals surface area contributed by atoms with E-state index in [2.05, 4.69) is 22.0 Å². The summed E-state index contributed by atoms with van der Waals surface area (Å²) in [6, 6.07) is 3.15. The van der Waals surface area contributed by atoms with Crippen molar-refractivity contribution in [2.45, 2.75) is 64.2 Å². The van der Waals surface area contributed by atoms with Gasteiger partial charge in [-0.1, -0.05) is 37.8 Å². The average molecular weight is 343 g/mol. The molecule has 0 aliphatic heterocycles. The lowest BCUT2D eigenvalue weighted by molar-refractivity contribution is 0.0690. The van der Waals surface area contributed by atoms with Gasteiger partial charge < -0.3 is 9.63 Å². The van der Waals surface area contributed by atoms with E-state index in [0.29, 0.717) is 17.4 Å². The molecule has 6 nitrogen and oxygen atoms in total. The van der Waals surface area contributed by atoms with Crippen LogP contribution in [-0.2, 0) is 0 Å². The predicted octanol–water partition coefficient (Wildman–Crippen LogP) is 4.68. The maximum Gasteiger partial charge on any atom is 0.354 e. The van der Waals surface area contributed by atoms with E-state index in [0.717, 1.165) is 24.6 Å². The summed E-state index contributed by atoms with van der Waals surface area (Å²) in [5.74, 6) is 1.23. The molecule has 1 saturated carbocycles.